The lowest BCUT2D eigenvalue weighted by Gasteiger charge is -2.05. The van der Waals surface area contributed by atoms with Crippen LogP contribution in [0, 0.1) is 6.92 Å². The van der Waals surface area contributed by atoms with Gasteiger partial charge in [-0.1, -0.05) is 31.3 Å². The predicted octanol–water partition coefficient (Wildman–Crippen LogP) is 4.54. The van der Waals surface area contributed by atoms with Crippen LogP contribution in [0.4, 0.5) is 0 Å². The van der Waals surface area contributed by atoms with Crippen molar-refractivity contribution in [2.24, 2.45) is 5.16 Å². The van der Waals surface area contributed by atoms with E-state index in [1.54, 1.807) is 0 Å². The van der Waals surface area contributed by atoms with E-state index in [0.29, 0.717) is 6.61 Å². The quantitative estimate of drug-likeness (QED) is 0.301. The highest BCUT2D eigenvalue weighted by atomic mass is 16.5. The number of oxime groups is 1. The molecule has 0 radical (unpaired) electrons. The first-order chi connectivity index (χ1) is 11.7. The predicted molar refractivity (Wildman–Crippen MR) is 94.1 cm³/mol. The fraction of sp³-hybridized carbons (Fsp3) is 0.474. The lowest BCUT2D eigenvalue weighted by atomic mass is 10.1. The number of aryl methyl sites for hydroxylation is 2. The van der Waals surface area contributed by atoms with Gasteiger partial charge in [0, 0.05) is 12.8 Å². The van der Waals surface area contributed by atoms with Gasteiger partial charge in [0.15, 0.2) is 5.89 Å². The zero-order chi connectivity index (χ0) is 17.2. The molecule has 2 rings (SSSR count). The summed E-state index contributed by atoms with van der Waals surface area (Å²) in [4.78, 5) is 4.59. The second kappa shape index (κ2) is 9.75. The molecule has 0 spiro atoms. The van der Waals surface area contributed by atoms with Crippen LogP contribution in [0.25, 0.3) is 0 Å². The molecule has 5 nitrogen and oxygen atoms in total. The Morgan fingerprint density at radius 2 is 1.96 bits per heavy atom. The number of hydrogen-bond donors (Lipinski definition) is 1. The molecule has 0 aliphatic rings. The van der Waals surface area contributed by atoms with Crippen molar-refractivity contribution < 1.29 is 14.4 Å². The first-order valence-electron chi connectivity index (χ1n) is 8.58. The van der Waals surface area contributed by atoms with Gasteiger partial charge in [-0.05, 0) is 43.2 Å². The van der Waals surface area contributed by atoms with E-state index in [1.807, 2.05) is 31.2 Å². The van der Waals surface area contributed by atoms with E-state index in [4.69, 9.17) is 14.4 Å². The van der Waals surface area contributed by atoms with Gasteiger partial charge in [-0.3, -0.25) is 0 Å². The molecule has 0 unspecified atom stereocenters. The van der Waals surface area contributed by atoms with Crippen molar-refractivity contribution in [2.75, 3.05) is 6.61 Å². The molecule has 130 valence electrons. The average Bonchev–Trinajstić information content (AvgIpc) is 2.93. The van der Waals surface area contributed by atoms with Crippen LogP contribution < -0.4 is 4.74 Å². The van der Waals surface area contributed by atoms with Crippen LogP contribution in [0.1, 0.15) is 55.5 Å². The van der Waals surface area contributed by atoms with E-state index in [9.17, 15) is 0 Å². The number of unbranched alkanes of at least 4 members (excludes halogenated alkanes) is 3. The molecule has 0 fully saturated rings. The fourth-order valence-corrected chi connectivity index (χ4v) is 2.51. The summed E-state index contributed by atoms with van der Waals surface area (Å²) in [7, 11) is 0. The zero-order valence-electron chi connectivity index (χ0n) is 14.5. The van der Waals surface area contributed by atoms with E-state index >= 15 is 0 Å². The molecule has 0 bridgehead atoms. The van der Waals surface area contributed by atoms with Crippen LogP contribution in [0.2, 0.25) is 0 Å². The molecule has 0 atom stereocenters. The molecule has 1 N–H and O–H groups in total. The third-order valence-electron chi connectivity index (χ3n) is 3.88. The maximum Gasteiger partial charge on any atom is 0.194 e. The highest BCUT2D eigenvalue weighted by molar-refractivity contribution is 5.79. The summed E-state index contributed by atoms with van der Waals surface area (Å²) in [6.45, 7) is 4.72. The van der Waals surface area contributed by atoms with E-state index in [0.717, 1.165) is 47.9 Å². The Morgan fingerprint density at radius 3 is 2.67 bits per heavy atom. The Balaban J connectivity index is 1.78. The second-order valence-corrected chi connectivity index (χ2v) is 5.83. The van der Waals surface area contributed by atoms with Crippen molar-refractivity contribution in [1.29, 1.82) is 0 Å². The molecule has 0 amide bonds. The Kier molecular flexibility index (Phi) is 7.33. The van der Waals surface area contributed by atoms with Crippen molar-refractivity contribution in [2.45, 2.75) is 52.4 Å². The number of nitrogens with zero attached hydrogens (tertiary/aromatic N) is 2. The lowest BCUT2D eigenvalue weighted by molar-refractivity contribution is 0.319. The van der Waals surface area contributed by atoms with Gasteiger partial charge < -0.3 is 14.4 Å². The Hall–Kier alpha value is -2.30. The molecule has 0 saturated carbocycles. The van der Waals surface area contributed by atoms with Crippen LogP contribution in [0.5, 0.6) is 5.75 Å². The van der Waals surface area contributed by atoms with Crippen LogP contribution in [-0.2, 0) is 12.8 Å². The average molecular weight is 330 g/mol. The normalized spacial score (nSPS) is 11.2. The summed E-state index contributed by atoms with van der Waals surface area (Å²) in [5, 5.41) is 11.5. The minimum atomic E-state index is 0.552. The monoisotopic (exact) mass is 330 g/mol. The van der Waals surface area contributed by atoms with Gasteiger partial charge in [-0.2, -0.15) is 0 Å². The molecule has 1 aromatic heterocycles. The molecular weight excluding hydrogens is 304 g/mol. The zero-order valence-corrected chi connectivity index (χ0v) is 14.5. The van der Waals surface area contributed by atoms with Crippen molar-refractivity contribution in [3.05, 3.63) is 47.2 Å². The Labute approximate surface area is 143 Å². The molecule has 0 saturated heterocycles. The number of oxazole rings is 1. The summed E-state index contributed by atoms with van der Waals surface area (Å²) >= 11 is 0. The van der Waals surface area contributed by atoms with Crippen LogP contribution in [0.15, 0.2) is 33.8 Å². The van der Waals surface area contributed by atoms with Crippen LogP contribution >= 0.6 is 0 Å². The number of rotatable bonds is 10. The number of ether oxygens (including phenoxy) is 1. The highest BCUT2D eigenvalue weighted by Crippen LogP contribution is 2.15. The highest BCUT2D eigenvalue weighted by Gasteiger charge is 2.09. The van der Waals surface area contributed by atoms with Crippen LogP contribution in [-0.4, -0.2) is 23.0 Å². The minimum absolute atomic E-state index is 0.552. The van der Waals surface area contributed by atoms with Gasteiger partial charge in [0.25, 0.3) is 0 Å². The maximum absolute atomic E-state index is 8.49. The third-order valence-corrected chi connectivity index (χ3v) is 3.88. The lowest BCUT2D eigenvalue weighted by Crippen LogP contribution is -2.03. The van der Waals surface area contributed by atoms with Crippen molar-refractivity contribution in [3.8, 4) is 5.75 Å². The smallest absolute Gasteiger partial charge is 0.194 e. The Morgan fingerprint density at radius 1 is 1.17 bits per heavy atom. The number of benzene rings is 1. The Bertz CT molecular complexity index is 633. The first kappa shape index (κ1) is 18.0. The summed E-state index contributed by atoms with van der Waals surface area (Å²) in [6, 6.07) is 7.38. The topological polar surface area (TPSA) is 67.9 Å². The number of aromatic nitrogens is 1. The molecule has 0 aliphatic heterocycles. The summed E-state index contributed by atoms with van der Waals surface area (Å²) < 4.78 is 11.5. The summed E-state index contributed by atoms with van der Waals surface area (Å²) in [5.74, 6) is 2.51. The molecular formula is C19H26N2O3. The SMILES string of the molecule is CCCCCCc1nc(CCOc2ccc(/C=N/O)cc2)c(C)o1. The minimum Gasteiger partial charge on any atom is -0.493 e. The molecule has 0 aliphatic carbocycles. The molecule has 5 heteroatoms. The van der Waals surface area contributed by atoms with Gasteiger partial charge >= 0.3 is 0 Å². The molecule has 2 aromatic rings. The molecule has 1 heterocycles. The molecule has 24 heavy (non-hydrogen) atoms. The summed E-state index contributed by atoms with van der Waals surface area (Å²) in [5.41, 5.74) is 1.80. The number of hydrogen-bond acceptors (Lipinski definition) is 5. The molecule has 1 aromatic carbocycles. The van der Waals surface area contributed by atoms with Gasteiger partial charge in [-0.25, -0.2) is 4.98 Å². The van der Waals surface area contributed by atoms with Gasteiger partial charge in [0.2, 0.25) is 0 Å². The fourth-order valence-electron chi connectivity index (χ4n) is 2.51. The third kappa shape index (κ3) is 5.72. The van der Waals surface area contributed by atoms with Crippen molar-refractivity contribution in [1.82, 2.24) is 4.98 Å². The maximum atomic E-state index is 8.49. The van der Waals surface area contributed by atoms with Gasteiger partial charge in [0.05, 0.1) is 18.5 Å². The van der Waals surface area contributed by atoms with E-state index in [2.05, 4.69) is 17.1 Å². The first-order valence-corrected chi connectivity index (χ1v) is 8.58. The second-order valence-electron chi connectivity index (χ2n) is 5.83. The van der Waals surface area contributed by atoms with Crippen LogP contribution in [0.3, 0.4) is 0 Å². The van der Waals surface area contributed by atoms with Crippen molar-refractivity contribution >= 4 is 6.21 Å². The standard InChI is InChI=1S/C19H26N2O3/c1-3-4-5-6-7-19-21-18(15(2)24-19)12-13-23-17-10-8-16(9-11-17)14-20-22/h8-11,14,22H,3-7,12-13H2,1-2H3/b20-14+. The van der Waals surface area contributed by atoms with E-state index < -0.39 is 0 Å². The summed E-state index contributed by atoms with van der Waals surface area (Å²) in [6.07, 6.45) is 7.88. The van der Waals surface area contributed by atoms with Crippen molar-refractivity contribution in [3.63, 3.8) is 0 Å². The van der Waals surface area contributed by atoms with E-state index in [1.165, 1.54) is 25.5 Å². The largest absolute Gasteiger partial charge is 0.493 e. The van der Waals surface area contributed by atoms with Gasteiger partial charge in [0.1, 0.15) is 11.5 Å². The van der Waals surface area contributed by atoms with Gasteiger partial charge in [-0.15, -0.1) is 0 Å². The van der Waals surface area contributed by atoms with E-state index in [-0.39, 0.29) is 0 Å².